The van der Waals surface area contributed by atoms with Crippen LogP contribution >= 0.6 is 15.9 Å². The van der Waals surface area contributed by atoms with E-state index in [-0.39, 0.29) is 5.91 Å². The zero-order valence-electron chi connectivity index (χ0n) is 8.53. The van der Waals surface area contributed by atoms with Gasteiger partial charge in [-0.2, -0.15) is 0 Å². The van der Waals surface area contributed by atoms with Crippen LogP contribution in [0.15, 0.2) is 22.7 Å². The first-order valence-corrected chi connectivity index (χ1v) is 5.81. The number of nitrogens with zero attached hydrogens (tertiary/aromatic N) is 1. The molecule has 1 unspecified atom stereocenters. The molecule has 1 aromatic rings. The van der Waals surface area contributed by atoms with Crippen molar-refractivity contribution in [3.63, 3.8) is 0 Å². The molecule has 4 heteroatoms. The highest BCUT2D eigenvalue weighted by Gasteiger charge is 2.35. The number of hydrogen-bond acceptors (Lipinski definition) is 2. The molecule has 80 valence electrons. The molecule has 0 aromatic heterocycles. The second-order valence-electron chi connectivity index (χ2n) is 3.64. The molecule has 1 atom stereocenters. The number of benzene rings is 1. The number of hydrogen-bond donors (Lipinski definition) is 1. The molecule has 1 aliphatic heterocycles. The third kappa shape index (κ3) is 1.58. The van der Waals surface area contributed by atoms with Crippen LogP contribution in [0, 0.1) is 0 Å². The molecule has 2 rings (SSSR count). The first-order valence-electron chi connectivity index (χ1n) is 5.02. The molecule has 0 bridgehead atoms. The largest absolute Gasteiger partial charge is 0.316 e. The van der Waals surface area contributed by atoms with Gasteiger partial charge >= 0.3 is 0 Å². The normalized spacial score (nSPS) is 19.5. The van der Waals surface area contributed by atoms with Gasteiger partial charge in [0.1, 0.15) is 6.04 Å². The molecule has 0 radical (unpaired) electrons. The smallest absolute Gasteiger partial charge is 0.248 e. The fourth-order valence-corrected chi connectivity index (χ4v) is 2.54. The molecule has 3 nitrogen and oxygen atoms in total. The Morgan fingerprint density at radius 1 is 1.53 bits per heavy atom. The highest BCUT2D eigenvalue weighted by Crippen LogP contribution is 2.39. The summed E-state index contributed by atoms with van der Waals surface area (Å²) in [4.78, 5) is 13.7. The Hall–Kier alpha value is -0.870. The number of nitrogens with two attached hydrogens (primary N) is 1. The van der Waals surface area contributed by atoms with Crippen molar-refractivity contribution < 1.29 is 4.79 Å². The lowest BCUT2D eigenvalue weighted by atomic mass is 10.1. The zero-order chi connectivity index (χ0) is 11.0. The summed E-state index contributed by atoms with van der Waals surface area (Å²) < 4.78 is 0.916. The average Bonchev–Trinajstić information content (AvgIpc) is 2.45. The number of amides is 1. The van der Waals surface area contributed by atoms with E-state index in [2.05, 4.69) is 22.9 Å². The maximum absolute atomic E-state index is 11.9. The van der Waals surface area contributed by atoms with Crippen molar-refractivity contribution in [1.82, 2.24) is 0 Å². The molecule has 1 aliphatic rings. The van der Waals surface area contributed by atoms with Crippen molar-refractivity contribution in [3.05, 3.63) is 28.2 Å². The lowest BCUT2D eigenvalue weighted by molar-refractivity contribution is -0.119. The summed E-state index contributed by atoms with van der Waals surface area (Å²) in [6.07, 6.45) is 0.935. The van der Waals surface area contributed by atoms with E-state index in [1.54, 1.807) is 4.90 Å². The Labute approximate surface area is 97.4 Å². The number of fused-ring (bicyclic) bond motifs is 1. The van der Waals surface area contributed by atoms with Crippen molar-refractivity contribution in [2.75, 3.05) is 11.4 Å². The van der Waals surface area contributed by atoms with Crippen molar-refractivity contribution in [3.8, 4) is 0 Å². The predicted molar refractivity (Wildman–Crippen MR) is 63.7 cm³/mol. The third-order valence-electron chi connectivity index (χ3n) is 2.61. The fraction of sp³-hybridized carbons (Fsp3) is 0.364. The summed E-state index contributed by atoms with van der Waals surface area (Å²) in [5.74, 6) is -0.00116. The predicted octanol–water partition coefficient (Wildman–Crippen LogP) is 2.21. The van der Waals surface area contributed by atoms with Crippen molar-refractivity contribution >= 4 is 27.5 Å². The summed E-state index contributed by atoms with van der Waals surface area (Å²) in [5, 5.41) is 0. The van der Waals surface area contributed by atoms with E-state index in [0.29, 0.717) is 0 Å². The molecular formula is C11H13BrN2O. The van der Waals surface area contributed by atoms with Gasteiger partial charge in [0.25, 0.3) is 0 Å². The number of carbonyl (C=O) groups excluding carboxylic acids is 1. The van der Waals surface area contributed by atoms with Gasteiger partial charge in [0.05, 0.1) is 5.69 Å². The minimum atomic E-state index is -0.512. The van der Waals surface area contributed by atoms with Crippen LogP contribution in [0.25, 0.3) is 0 Å². The minimum Gasteiger partial charge on any atom is -0.316 e. The molecular weight excluding hydrogens is 256 g/mol. The molecule has 1 aromatic carbocycles. The van der Waals surface area contributed by atoms with Gasteiger partial charge in [0.15, 0.2) is 0 Å². The second-order valence-corrected chi connectivity index (χ2v) is 4.49. The number of halogens is 1. The number of rotatable bonds is 2. The van der Waals surface area contributed by atoms with Crippen LogP contribution in [0.1, 0.15) is 24.9 Å². The number of carbonyl (C=O) groups is 1. The molecule has 0 fully saturated rings. The Balaban J connectivity index is 2.50. The quantitative estimate of drug-likeness (QED) is 0.894. The maximum atomic E-state index is 11.9. The van der Waals surface area contributed by atoms with E-state index in [4.69, 9.17) is 5.73 Å². The first-order chi connectivity index (χ1) is 7.16. The monoisotopic (exact) mass is 268 g/mol. The summed E-state index contributed by atoms with van der Waals surface area (Å²) in [6.45, 7) is 2.78. The van der Waals surface area contributed by atoms with Crippen LogP contribution in [-0.4, -0.2) is 12.5 Å². The Morgan fingerprint density at radius 2 is 2.27 bits per heavy atom. The van der Waals surface area contributed by atoms with Crippen molar-refractivity contribution in [2.24, 2.45) is 5.73 Å². The highest BCUT2D eigenvalue weighted by molar-refractivity contribution is 9.10. The molecule has 1 heterocycles. The van der Waals surface area contributed by atoms with Crippen LogP contribution in [-0.2, 0) is 4.79 Å². The lowest BCUT2D eigenvalue weighted by Gasteiger charge is -2.16. The minimum absolute atomic E-state index is 0.00116. The maximum Gasteiger partial charge on any atom is 0.248 e. The lowest BCUT2D eigenvalue weighted by Crippen LogP contribution is -2.32. The van der Waals surface area contributed by atoms with Gasteiger partial charge in [-0.15, -0.1) is 0 Å². The van der Waals surface area contributed by atoms with E-state index >= 15 is 0 Å². The molecule has 0 spiro atoms. The van der Waals surface area contributed by atoms with Crippen LogP contribution in [0.2, 0.25) is 0 Å². The fourth-order valence-electron chi connectivity index (χ4n) is 1.93. The molecule has 0 aliphatic carbocycles. The average molecular weight is 269 g/mol. The molecule has 15 heavy (non-hydrogen) atoms. The van der Waals surface area contributed by atoms with Crippen LogP contribution in [0.3, 0.4) is 0 Å². The Morgan fingerprint density at radius 3 is 2.93 bits per heavy atom. The van der Waals surface area contributed by atoms with Gasteiger partial charge in [-0.1, -0.05) is 28.9 Å². The van der Waals surface area contributed by atoms with Gasteiger partial charge in [0.2, 0.25) is 5.91 Å². The summed E-state index contributed by atoms with van der Waals surface area (Å²) in [6, 6.07) is 5.28. The standard InChI is InChI=1S/C11H13BrN2O/c1-2-6-14-8-5-3-4-7(12)9(8)10(13)11(14)15/h3-5,10H,2,6,13H2,1H3. The van der Waals surface area contributed by atoms with Crippen molar-refractivity contribution in [2.45, 2.75) is 19.4 Å². The summed E-state index contributed by atoms with van der Waals surface area (Å²) in [5.41, 5.74) is 7.75. The van der Waals surface area contributed by atoms with Crippen LogP contribution < -0.4 is 10.6 Å². The highest BCUT2D eigenvalue weighted by atomic mass is 79.9. The first kappa shape index (κ1) is 10.6. The van der Waals surface area contributed by atoms with E-state index in [9.17, 15) is 4.79 Å². The van der Waals surface area contributed by atoms with Gasteiger partial charge in [-0.05, 0) is 18.6 Å². The van der Waals surface area contributed by atoms with Gasteiger partial charge in [-0.3, -0.25) is 4.79 Å². The van der Waals surface area contributed by atoms with Crippen LogP contribution in [0.5, 0.6) is 0 Å². The van der Waals surface area contributed by atoms with E-state index < -0.39 is 6.04 Å². The summed E-state index contributed by atoms with van der Waals surface area (Å²) in [7, 11) is 0. The molecule has 0 saturated heterocycles. The van der Waals surface area contributed by atoms with E-state index in [1.807, 2.05) is 18.2 Å². The van der Waals surface area contributed by atoms with Crippen molar-refractivity contribution in [1.29, 1.82) is 0 Å². The zero-order valence-corrected chi connectivity index (χ0v) is 10.1. The molecule has 1 amide bonds. The van der Waals surface area contributed by atoms with Gasteiger partial charge in [0, 0.05) is 16.6 Å². The van der Waals surface area contributed by atoms with Crippen LogP contribution in [0.4, 0.5) is 5.69 Å². The molecule has 2 N–H and O–H groups in total. The number of anilines is 1. The van der Waals surface area contributed by atoms with Gasteiger partial charge in [-0.25, -0.2) is 0 Å². The summed E-state index contributed by atoms with van der Waals surface area (Å²) >= 11 is 3.43. The Kier molecular flexibility index (Phi) is 2.80. The Bertz CT molecular complexity index is 406. The topological polar surface area (TPSA) is 46.3 Å². The second kappa shape index (κ2) is 3.94. The SMILES string of the molecule is CCCN1C(=O)C(N)c2c(Br)cccc21. The van der Waals surface area contributed by atoms with E-state index in [0.717, 1.165) is 28.7 Å². The molecule has 0 saturated carbocycles. The third-order valence-corrected chi connectivity index (χ3v) is 3.30. The van der Waals surface area contributed by atoms with Gasteiger partial charge < -0.3 is 10.6 Å². The van der Waals surface area contributed by atoms with E-state index in [1.165, 1.54) is 0 Å².